The van der Waals surface area contributed by atoms with Gasteiger partial charge < -0.3 is 19.8 Å². The first-order valence-corrected chi connectivity index (χ1v) is 26.9. The number of carboxylic acid groups (broad SMARTS) is 2. The standard InChI is InChI=1S/2C27H54O2.Ca/c2*1-2-3-4-5-6-7-8-9-10-11-12-13-14-15-16-17-18-19-20-21-22-23-24-25-26-27(28)29;/h2*2-26H2,1H3,(H,28,29);/q;;+2/p-2. The summed E-state index contributed by atoms with van der Waals surface area (Å²) in [5.41, 5.74) is 0. The van der Waals surface area contributed by atoms with Crippen molar-refractivity contribution in [3.8, 4) is 0 Å². The Bertz CT molecular complexity index is 697. The minimum Gasteiger partial charge on any atom is -0.550 e. The molecule has 0 aromatic heterocycles. The molecule has 5 heteroatoms. The molecule has 0 N–H and O–H groups in total. The SMILES string of the molecule is CCCCCCCCCCCCCCCCCCCCCCCCCCC(=O)[O-].CCCCCCCCCCCCCCCCCCCCCCCCCCC(=O)[O-].[Ca+2]. The summed E-state index contributed by atoms with van der Waals surface area (Å²) in [6, 6.07) is 0. The Kier molecular flexibility index (Phi) is 64.9. The Labute approximate surface area is 401 Å². The molecule has 0 saturated carbocycles. The second-order valence-electron chi connectivity index (χ2n) is 18.5. The van der Waals surface area contributed by atoms with Gasteiger partial charge in [-0.2, -0.15) is 0 Å². The molecule has 0 atom stereocenters. The largest absolute Gasteiger partial charge is 2.00 e. The monoisotopic (exact) mass is 859 g/mol. The Morgan fingerprint density at radius 3 is 0.424 bits per heavy atom. The van der Waals surface area contributed by atoms with Gasteiger partial charge in [-0.25, -0.2) is 0 Å². The molecule has 0 saturated heterocycles. The van der Waals surface area contributed by atoms with Crippen molar-refractivity contribution in [3.05, 3.63) is 0 Å². The zero-order valence-electron chi connectivity index (χ0n) is 40.7. The van der Waals surface area contributed by atoms with Crippen LogP contribution in [0.3, 0.4) is 0 Å². The maximum absolute atomic E-state index is 10.3. The molecule has 0 fully saturated rings. The second-order valence-corrected chi connectivity index (χ2v) is 18.5. The first-order valence-electron chi connectivity index (χ1n) is 26.9. The van der Waals surface area contributed by atoms with E-state index in [2.05, 4.69) is 13.8 Å². The van der Waals surface area contributed by atoms with Gasteiger partial charge in [-0.15, -0.1) is 0 Å². The first-order chi connectivity index (χ1) is 28.5. The fourth-order valence-corrected chi connectivity index (χ4v) is 8.46. The van der Waals surface area contributed by atoms with Gasteiger partial charge in [0.25, 0.3) is 0 Å². The van der Waals surface area contributed by atoms with E-state index in [4.69, 9.17) is 0 Å². The van der Waals surface area contributed by atoms with Crippen LogP contribution in [0.4, 0.5) is 0 Å². The predicted molar refractivity (Wildman–Crippen MR) is 258 cm³/mol. The Balaban J connectivity index is -0.00000105. The first kappa shape index (κ1) is 63.5. The van der Waals surface area contributed by atoms with E-state index < -0.39 is 11.9 Å². The maximum atomic E-state index is 10.3. The molecule has 4 nitrogen and oxygen atoms in total. The van der Waals surface area contributed by atoms with E-state index in [1.54, 1.807) is 0 Å². The number of carbonyl (C=O) groups excluding carboxylic acids is 2. The van der Waals surface area contributed by atoms with Gasteiger partial charge in [-0.1, -0.05) is 309 Å². The van der Waals surface area contributed by atoms with E-state index in [9.17, 15) is 19.8 Å². The third-order valence-electron chi connectivity index (χ3n) is 12.5. The summed E-state index contributed by atoms with van der Waals surface area (Å²) in [5.74, 6) is -1.80. The molecule has 0 aliphatic heterocycles. The topological polar surface area (TPSA) is 80.3 Å². The molecule has 348 valence electrons. The molecule has 0 radical (unpaired) electrons. The van der Waals surface area contributed by atoms with E-state index in [0.29, 0.717) is 0 Å². The van der Waals surface area contributed by atoms with Crippen LogP contribution in [0.25, 0.3) is 0 Å². The van der Waals surface area contributed by atoms with E-state index >= 15 is 0 Å². The Hall–Kier alpha value is 0.200. The molecule has 0 heterocycles. The van der Waals surface area contributed by atoms with Crippen molar-refractivity contribution in [2.45, 2.75) is 335 Å². The zero-order valence-corrected chi connectivity index (χ0v) is 42.9. The minimum atomic E-state index is -0.899. The Morgan fingerprint density at radius 1 is 0.220 bits per heavy atom. The van der Waals surface area contributed by atoms with Gasteiger partial charge >= 0.3 is 37.7 Å². The fourth-order valence-electron chi connectivity index (χ4n) is 8.46. The van der Waals surface area contributed by atoms with E-state index in [0.717, 1.165) is 25.7 Å². The molecule has 0 unspecified atom stereocenters. The van der Waals surface area contributed by atoms with Crippen molar-refractivity contribution in [2.75, 3.05) is 0 Å². The van der Waals surface area contributed by atoms with Gasteiger partial charge in [0, 0.05) is 11.9 Å². The summed E-state index contributed by atoms with van der Waals surface area (Å²) in [4.78, 5) is 20.6. The third-order valence-corrected chi connectivity index (χ3v) is 12.5. The van der Waals surface area contributed by atoms with Gasteiger partial charge in [0.05, 0.1) is 0 Å². The fraction of sp³-hybridized carbons (Fsp3) is 0.963. The number of unbranched alkanes of at least 4 members (excludes halogenated alkanes) is 46. The number of aliphatic carboxylic acids is 2. The molecule has 0 aliphatic rings. The summed E-state index contributed by atoms with van der Waals surface area (Å²) >= 11 is 0. The van der Waals surface area contributed by atoms with Crippen molar-refractivity contribution in [3.63, 3.8) is 0 Å². The molecular weight excluding hydrogens is 753 g/mol. The summed E-state index contributed by atoms with van der Waals surface area (Å²) in [5, 5.41) is 20.6. The van der Waals surface area contributed by atoms with Gasteiger partial charge in [-0.3, -0.25) is 0 Å². The Morgan fingerprint density at radius 2 is 0.322 bits per heavy atom. The molecular formula is C54H106CaO4. The molecule has 0 aliphatic carbocycles. The average Bonchev–Trinajstić information content (AvgIpc) is 3.21. The van der Waals surface area contributed by atoms with Crippen molar-refractivity contribution in [2.24, 2.45) is 0 Å². The summed E-state index contributed by atoms with van der Waals surface area (Å²) < 4.78 is 0. The van der Waals surface area contributed by atoms with Crippen LogP contribution in [0.15, 0.2) is 0 Å². The molecule has 59 heavy (non-hydrogen) atoms. The van der Waals surface area contributed by atoms with Gasteiger partial charge in [0.15, 0.2) is 0 Å². The molecule has 0 aromatic carbocycles. The van der Waals surface area contributed by atoms with Crippen molar-refractivity contribution in [1.29, 1.82) is 0 Å². The van der Waals surface area contributed by atoms with Crippen LogP contribution < -0.4 is 10.2 Å². The normalized spacial score (nSPS) is 11.0. The minimum absolute atomic E-state index is 0. The van der Waals surface area contributed by atoms with Crippen LogP contribution in [0.2, 0.25) is 0 Å². The second kappa shape index (κ2) is 60.3. The average molecular weight is 860 g/mol. The van der Waals surface area contributed by atoms with E-state index in [1.807, 2.05) is 0 Å². The number of hydrogen-bond donors (Lipinski definition) is 0. The molecule has 0 amide bonds. The van der Waals surface area contributed by atoms with Crippen LogP contribution in [-0.4, -0.2) is 49.7 Å². The number of hydrogen-bond acceptors (Lipinski definition) is 4. The number of rotatable bonds is 50. The molecule has 0 rings (SSSR count). The number of carbonyl (C=O) groups is 2. The summed E-state index contributed by atoms with van der Waals surface area (Å²) in [6.45, 7) is 4.58. The van der Waals surface area contributed by atoms with E-state index in [-0.39, 0.29) is 50.6 Å². The smallest absolute Gasteiger partial charge is 0.550 e. The van der Waals surface area contributed by atoms with Crippen LogP contribution in [-0.2, 0) is 9.59 Å². The van der Waals surface area contributed by atoms with E-state index in [1.165, 1.54) is 283 Å². The molecule has 0 bridgehead atoms. The van der Waals surface area contributed by atoms with Crippen LogP contribution >= 0.6 is 0 Å². The predicted octanol–water partition coefficient (Wildman–Crippen LogP) is 16.6. The van der Waals surface area contributed by atoms with Crippen molar-refractivity contribution >= 4 is 49.7 Å². The molecule has 0 aromatic rings. The van der Waals surface area contributed by atoms with Crippen LogP contribution in [0, 0.1) is 0 Å². The quantitative estimate of drug-likeness (QED) is 0.0451. The summed E-state index contributed by atoms with van der Waals surface area (Å²) in [7, 11) is 0. The maximum Gasteiger partial charge on any atom is 2.00 e. The zero-order chi connectivity index (χ0) is 42.5. The van der Waals surface area contributed by atoms with Crippen molar-refractivity contribution in [1.82, 2.24) is 0 Å². The van der Waals surface area contributed by atoms with Crippen LogP contribution in [0.5, 0.6) is 0 Å². The van der Waals surface area contributed by atoms with Gasteiger partial charge in [0.2, 0.25) is 0 Å². The number of carboxylic acids is 2. The van der Waals surface area contributed by atoms with Crippen LogP contribution in [0.1, 0.15) is 335 Å². The van der Waals surface area contributed by atoms with Crippen molar-refractivity contribution < 1.29 is 19.8 Å². The molecule has 0 spiro atoms. The third kappa shape index (κ3) is 67.5. The summed E-state index contributed by atoms with van der Waals surface area (Å²) in [6.07, 6.45) is 66.3. The van der Waals surface area contributed by atoms with Gasteiger partial charge in [-0.05, 0) is 25.7 Å². The van der Waals surface area contributed by atoms with Gasteiger partial charge in [0.1, 0.15) is 0 Å².